The Labute approximate surface area is 148 Å². The molecule has 0 N–H and O–H groups in total. The van der Waals surface area contributed by atoms with Crippen molar-refractivity contribution < 1.29 is 14.5 Å². The molecule has 2 aromatic rings. The number of rotatable bonds is 4. The molecule has 3 rings (SSSR count). The fourth-order valence-corrected chi connectivity index (χ4v) is 3.32. The van der Waals surface area contributed by atoms with Crippen LogP contribution in [-0.4, -0.2) is 16.1 Å². The van der Waals surface area contributed by atoms with Gasteiger partial charge in [0.05, 0.1) is 21.1 Å². The van der Waals surface area contributed by atoms with E-state index in [1.807, 2.05) is 19.1 Å². The highest BCUT2D eigenvalue weighted by Gasteiger charge is 2.36. The third-order valence-electron chi connectivity index (χ3n) is 3.82. The Morgan fingerprint density at radius 1 is 1.12 bits per heavy atom. The van der Waals surface area contributed by atoms with E-state index in [1.165, 1.54) is 12.1 Å². The maximum absolute atomic E-state index is 12.6. The minimum Gasteiger partial charge on any atom is -0.268 e. The van der Waals surface area contributed by atoms with Crippen LogP contribution in [0.2, 0.25) is 0 Å². The number of amides is 2. The van der Waals surface area contributed by atoms with Gasteiger partial charge in [-0.2, -0.15) is 0 Å². The normalized spacial score (nSPS) is 15.9. The topological polar surface area (TPSA) is 80.5 Å². The Morgan fingerprint density at radius 2 is 1.80 bits per heavy atom. The number of thioether (sulfide) groups is 1. The van der Waals surface area contributed by atoms with E-state index in [9.17, 15) is 19.7 Å². The first-order chi connectivity index (χ1) is 12.0. The minimum atomic E-state index is -0.514. The van der Waals surface area contributed by atoms with Crippen molar-refractivity contribution in [3.63, 3.8) is 0 Å². The molecule has 1 fully saturated rings. The summed E-state index contributed by atoms with van der Waals surface area (Å²) in [5, 5.41) is 10.7. The Hall–Kier alpha value is -2.93. The van der Waals surface area contributed by atoms with Gasteiger partial charge in [0.2, 0.25) is 0 Å². The highest BCUT2D eigenvalue weighted by molar-refractivity contribution is 8.19. The minimum absolute atomic E-state index is 0.110. The second-order valence-corrected chi connectivity index (χ2v) is 6.35. The van der Waals surface area contributed by atoms with Crippen LogP contribution < -0.4 is 4.90 Å². The number of aryl methyl sites for hydroxylation is 1. The zero-order valence-corrected chi connectivity index (χ0v) is 14.2. The quantitative estimate of drug-likeness (QED) is 0.462. The van der Waals surface area contributed by atoms with Crippen LogP contribution >= 0.6 is 11.8 Å². The molecule has 126 valence electrons. The van der Waals surface area contributed by atoms with E-state index < -0.39 is 16.1 Å². The highest BCUT2D eigenvalue weighted by Crippen LogP contribution is 2.36. The molecule has 1 aliphatic rings. The molecule has 0 spiro atoms. The van der Waals surface area contributed by atoms with E-state index in [2.05, 4.69) is 0 Å². The molecule has 7 heteroatoms. The molecule has 0 atom stereocenters. The predicted octanol–water partition coefficient (Wildman–Crippen LogP) is 4.40. The summed E-state index contributed by atoms with van der Waals surface area (Å²) in [6.07, 6.45) is 2.25. The molecule has 2 amide bonds. The molecule has 0 unspecified atom stereocenters. The van der Waals surface area contributed by atoms with E-state index >= 15 is 0 Å². The zero-order valence-electron chi connectivity index (χ0n) is 13.3. The van der Waals surface area contributed by atoms with Gasteiger partial charge in [0, 0.05) is 6.07 Å². The zero-order chi connectivity index (χ0) is 18.0. The average molecular weight is 354 g/mol. The fraction of sp³-hybridized carbons (Fsp3) is 0.111. The van der Waals surface area contributed by atoms with Gasteiger partial charge in [0.15, 0.2) is 0 Å². The first-order valence-electron chi connectivity index (χ1n) is 7.61. The smallest absolute Gasteiger partial charge is 0.268 e. The molecule has 0 aromatic heterocycles. The van der Waals surface area contributed by atoms with Crippen molar-refractivity contribution in [1.82, 2.24) is 0 Å². The van der Waals surface area contributed by atoms with Crippen LogP contribution in [-0.2, 0) is 11.2 Å². The van der Waals surface area contributed by atoms with Crippen molar-refractivity contribution in [2.75, 3.05) is 4.90 Å². The van der Waals surface area contributed by atoms with Crippen molar-refractivity contribution in [1.29, 1.82) is 0 Å². The van der Waals surface area contributed by atoms with Crippen LogP contribution in [0.5, 0.6) is 0 Å². The number of anilines is 1. The second-order valence-electron chi connectivity index (χ2n) is 5.35. The second kappa shape index (κ2) is 6.90. The largest absolute Gasteiger partial charge is 0.298 e. The summed E-state index contributed by atoms with van der Waals surface area (Å²) >= 11 is 0.778. The lowest BCUT2D eigenvalue weighted by Crippen LogP contribution is -2.27. The lowest BCUT2D eigenvalue weighted by molar-refractivity contribution is -0.385. The van der Waals surface area contributed by atoms with Crippen molar-refractivity contribution in [3.05, 3.63) is 74.7 Å². The van der Waals surface area contributed by atoms with Crippen molar-refractivity contribution in [2.45, 2.75) is 13.3 Å². The Balaban J connectivity index is 1.94. The van der Waals surface area contributed by atoms with Crippen molar-refractivity contribution in [2.24, 2.45) is 0 Å². The van der Waals surface area contributed by atoms with E-state index in [0.29, 0.717) is 11.3 Å². The van der Waals surface area contributed by atoms with Crippen LogP contribution in [0, 0.1) is 10.1 Å². The summed E-state index contributed by atoms with van der Waals surface area (Å²) in [6.45, 7) is 2.02. The molecule has 25 heavy (non-hydrogen) atoms. The van der Waals surface area contributed by atoms with Crippen LogP contribution in [0.15, 0.2) is 53.4 Å². The number of carbonyl (C=O) groups is 2. The maximum atomic E-state index is 12.6. The van der Waals surface area contributed by atoms with Gasteiger partial charge in [-0.15, -0.1) is 0 Å². The van der Waals surface area contributed by atoms with E-state index in [0.717, 1.165) is 28.6 Å². The van der Waals surface area contributed by atoms with Crippen LogP contribution in [0.25, 0.3) is 6.08 Å². The Kier molecular flexibility index (Phi) is 4.67. The molecule has 0 saturated carbocycles. The first-order valence-corrected chi connectivity index (χ1v) is 8.43. The summed E-state index contributed by atoms with van der Waals surface area (Å²) in [5.41, 5.74) is 1.78. The van der Waals surface area contributed by atoms with Gasteiger partial charge in [-0.05, 0) is 48.0 Å². The number of imide groups is 1. The summed E-state index contributed by atoms with van der Waals surface area (Å²) in [7, 11) is 0. The highest BCUT2D eigenvalue weighted by atomic mass is 32.2. The molecule has 6 nitrogen and oxygen atoms in total. The van der Waals surface area contributed by atoms with Crippen LogP contribution in [0.4, 0.5) is 16.2 Å². The van der Waals surface area contributed by atoms with Gasteiger partial charge in [-0.3, -0.25) is 19.7 Å². The molecule has 0 aliphatic carbocycles. The molecule has 1 saturated heterocycles. The number of nitro benzene ring substituents is 1. The van der Waals surface area contributed by atoms with Gasteiger partial charge in [-0.25, -0.2) is 4.90 Å². The van der Waals surface area contributed by atoms with E-state index in [4.69, 9.17) is 0 Å². The van der Waals surface area contributed by atoms with E-state index in [-0.39, 0.29) is 10.6 Å². The molecular weight excluding hydrogens is 340 g/mol. The number of benzene rings is 2. The van der Waals surface area contributed by atoms with Gasteiger partial charge >= 0.3 is 0 Å². The Morgan fingerprint density at radius 3 is 2.44 bits per heavy atom. The summed E-state index contributed by atoms with van der Waals surface area (Å²) in [4.78, 5) is 36.7. The third kappa shape index (κ3) is 3.32. The summed E-state index contributed by atoms with van der Waals surface area (Å²) in [6, 6.07) is 13.3. The first kappa shape index (κ1) is 16.9. The molecule has 1 aliphatic heterocycles. The SMILES string of the molecule is CCc1ccc(N2C(=O)S/C(=C\c3ccccc3[N+](=O)[O-])C2=O)cc1. The maximum Gasteiger partial charge on any atom is 0.298 e. The lowest BCUT2D eigenvalue weighted by atomic mass is 10.1. The lowest BCUT2D eigenvalue weighted by Gasteiger charge is -2.12. The van der Waals surface area contributed by atoms with E-state index in [1.54, 1.807) is 30.3 Å². The standard InChI is InChI=1S/C18H14N2O4S/c1-2-12-7-9-14(10-8-12)19-17(21)16(25-18(19)22)11-13-5-3-4-6-15(13)20(23)24/h3-11H,2H2,1H3/b16-11-. The number of nitro groups is 1. The van der Waals surface area contributed by atoms with Gasteiger partial charge in [-0.1, -0.05) is 31.2 Å². The molecule has 2 aromatic carbocycles. The van der Waals surface area contributed by atoms with Crippen molar-refractivity contribution in [3.8, 4) is 0 Å². The number of hydrogen-bond donors (Lipinski definition) is 0. The van der Waals surface area contributed by atoms with Crippen molar-refractivity contribution >= 4 is 40.4 Å². The van der Waals surface area contributed by atoms with Gasteiger partial charge in [0.1, 0.15) is 0 Å². The van der Waals surface area contributed by atoms with Crippen LogP contribution in [0.3, 0.4) is 0 Å². The Bertz CT molecular complexity index is 890. The number of carbonyl (C=O) groups excluding carboxylic acids is 2. The number of hydrogen-bond acceptors (Lipinski definition) is 5. The molecule has 0 radical (unpaired) electrons. The van der Waals surface area contributed by atoms with Gasteiger partial charge < -0.3 is 0 Å². The van der Waals surface area contributed by atoms with Gasteiger partial charge in [0.25, 0.3) is 16.8 Å². The average Bonchev–Trinajstić information content (AvgIpc) is 2.89. The molecule has 0 bridgehead atoms. The van der Waals surface area contributed by atoms with Crippen LogP contribution in [0.1, 0.15) is 18.1 Å². The number of para-hydroxylation sites is 1. The summed E-state index contributed by atoms with van der Waals surface area (Å²) in [5.74, 6) is -0.475. The monoisotopic (exact) mass is 354 g/mol. The number of nitrogens with zero attached hydrogens (tertiary/aromatic N) is 2. The molecule has 1 heterocycles. The third-order valence-corrected chi connectivity index (χ3v) is 4.69. The fourth-order valence-electron chi connectivity index (χ4n) is 2.49. The predicted molar refractivity (Wildman–Crippen MR) is 97.4 cm³/mol. The summed E-state index contributed by atoms with van der Waals surface area (Å²) < 4.78 is 0. The molecular formula is C18H14N2O4S.